The van der Waals surface area contributed by atoms with Gasteiger partial charge in [0.1, 0.15) is 5.69 Å². The molecule has 4 aromatic rings. The number of rotatable bonds is 3. The van der Waals surface area contributed by atoms with Gasteiger partial charge in [0.05, 0.1) is 23.3 Å². The molecule has 3 aromatic carbocycles. The summed E-state index contributed by atoms with van der Waals surface area (Å²) < 4.78 is 4.35. The monoisotopic (exact) mass is 382 g/mol. The van der Waals surface area contributed by atoms with E-state index in [9.17, 15) is 0 Å². The average Bonchev–Trinajstić information content (AvgIpc) is 2.98. The van der Waals surface area contributed by atoms with E-state index < -0.39 is 0 Å². The summed E-state index contributed by atoms with van der Waals surface area (Å²) in [5.41, 5.74) is 9.66. The standard InChI is InChI=1S/C26H28N3/c1-17-14-18(2)16-22(15-17)25-27-29(24-20(4)11-9-12-21(24)5)26(28(25)6)23-13-8-7-10-19(23)3/h7-16H,1-6H3/q+1. The Bertz CT molecular complexity index is 1170. The summed E-state index contributed by atoms with van der Waals surface area (Å²) in [6.45, 7) is 10.8. The molecule has 146 valence electrons. The normalized spacial score (nSPS) is 11.1. The van der Waals surface area contributed by atoms with Gasteiger partial charge in [0.25, 0.3) is 5.82 Å². The van der Waals surface area contributed by atoms with E-state index in [1.54, 1.807) is 0 Å². The van der Waals surface area contributed by atoms with Gasteiger partial charge in [0.2, 0.25) is 0 Å². The SMILES string of the molecule is Cc1cc(C)cc(-c2nn(-c3c(C)cccc3C)c(-c3ccccc3C)[n+]2C)c1. The van der Waals surface area contributed by atoms with E-state index in [-0.39, 0.29) is 0 Å². The number of benzene rings is 3. The van der Waals surface area contributed by atoms with Crippen molar-refractivity contribution in [2.24, 2.45) is 7.05 Å². The molecule has 1 heterocycles. The molecular formula is C26H28N3+. The van der Waals surface area contributed by atoms with Crippen LogP contribution in [0.15, 0.2) is 60.7 Å². The summed E-state index contributed by atoms with van der Waals surface area (Å²) >= 11 is 0. The van der Waals surface area contributed by atoms with Gasteiger partial charge in [-0.1, -0.05) is 58.3 Å². The molecule has 0 aliphatic heterocycles. The van der Waals surface area contributed by atoms with Crippen LogP contribution in [0.2, 0.25) is 0 Å². The second-order valence-electron chi connectivity index (χ2n) is 8.05. The highest BCUT2D eigenvalue weighted by atomic mass is 15.4. The van der Waals surface area contributed by atoms with Gasteiger partial charge in [-0.05, 0) is 69.5 Å². The molecule has 0 N–H and O–H groups in total. The molecule has 0 unspecified atom stereocenters. The second-order valence-corrected chi connectivity index (χ2v) is 8.05. The molecule has 0 amide bonds. The number of para-hydroxylation sites is 1. The number of aryl methyl sites for hydroxylation is 5. The van der Waals surface area contributed by atoms with Gasteiger partial charge in [-0.25, -0.2) is 4.57 Å². The highest BCUT2D eigenvalue weighted by Gasteiger charge is 2.29. The van der Waals surface area contributed by atoms with Gasteiger partial charge < -0.3 is 0 Å². The highest BCUT2D eigenvalue weighted by Crippen LogP contribution is 2.29. The van der Waals surface area contributed by atoms with E-state index in [0.29, 0.717) is 0 Å². The average molecular weight is 383 g/mol. The Labute approximate surface area is 173 Å². The molecule has 0 saturated carbocycles. The number of hydrogen-bond donors (Lipinski definition) is 0. The minimum atomic E-state index is 0.970. The molecular weight excluding hydrogens is 354 g/mol. The Morgan fingerprint density at radius 2 is 1.31 bits per heavy atom. The lowest BCUT2D eigenvalue weighted by Crippen LogP contribution is -2.32. The summed E-state index contributed by atoms with van der Waals surface area (Å²) in [5, 5.41) is 5.15. The molecule has 0 atom stereocenters. The Hall–Kier alpha value is -3.20. The van der Waals surface area contributed by atoms with Gasteiger partial charge in [0, 0.05) is 0 Å². The zero-order valence-corrected chi connectivity index (χ0v) is 18.1. The first kappa shape index (κ1) is 19.1. The van der Waals surface area contributed by atoms with Crippen LogP contribution in [0.3, 0.4) is 0 Å². The molecule has 3 nitrogen and oxygen atoms in total. The molecule has 0 bridgehead atoms. The number of aromatic nitrogens is 3. The predicted molar refractivity (Wildman–Crippen MR) is 119 cm³/mol. The van der Waals surface area contributed by atoms with Gasteiger partial charge in [-0.2, -0.15) is 0 Å². The quantitative estimate of drug-likeness (QED) is 0.424. The van der Waals surface area contributed by atoms with Gasteiger partial charge in [0.15, 0.2) is 0 Å². The maximum atomic E-state index is 5.15. The molecule has 0 saturated heterocycles. The first-order valence-electron chi connectivity index (χ1n) is 10.1. The van der Waals surface area contributed by atoms with E-state index in [4.69, 9.17) is 5.10 Å². The maximum Gasteiger partial charge on any atom is 0.309 e. The molecule has 1 aromatic heterocycles. The van der Waals surface area contributed by atoms with E-state index in [1.165, 1.54) is 33.4 Å². The van der Waals surface area contributed by atoms with Crippen molar-refractivity contribution in [2.45, 2.75) is 34.6 Å². The van der Waals surface area contributed by atoms with Crippen molar-refractivity contribution < 1.29 is 4.57 Å². The van der Waals surface area contributed by atoms with E-state index in [0.717, 1.165) is 22.9 Å². The van der Waals surface area contributed by atoms with Crippen LogP contribution in [0, 0.1) is 34.6 Å². The molecule has 29 heavy (non-hydrogen) atoms. The van der Waals surface area contributed by atoms with Crippen molar-refractivity contribution in [3.05, 3.63) is 88.5 Å². The minimum absolute atomic E-state index is 0.970. The third-order valence-electron chi connectivity index (χ3n) is 5.55. The van der Waals surface area contributed by atoms with Crippen LogP contribution in [0.1, 0.15) is 27.8 Å². The molecule has 3 heteroatoms. The first-order valence-corrected chi connectivity index (χ1v) is 10.1. The van der Waals surface area contributed by atoms with E-state index >= 15 is 0 Å². The lowest BCUT2D eigenvalue weighted by Gasteiger charge is -2.08. The van der Waals surface area contributed by atoms with E-state index in [2.05, 4.69) is 112 Å². The third-order valence-corrected chi connectivity index (χ3v) is 5.55. The first-order chi connectivity index (χ1) is 13.9. The molecule has 0 spiro atoms. The Morgan fingerprint density at radius 1 is 0.724 bits per heavy atom. The molecule has 0 aliphatic rings. The van der Waals surface area contributed by atoms with Gasteiger partial charge in [-0.3, -0.25) is 0 Å². The molecule has 0 aliphatic carbocycles. The van der Waals surface area contributed by atoms with Crippen molar-refractivity contribution in [1.29, 1.82) is 0 Å². The fraction of sp³-hybridized carbons (Fsp3) is 0.231. The Balaban J connectivity index is 2.08. The van der Waals surface area contributed by atoms with E-state index in [1.807, 2.05) is 0 Å². The van der Waals surface area contributed by atoms with Gasteiger partial charge in [-0.15, -0.1) is 0 Å². The lowest BCUT2D eigenvalue weighted by molar-refractivity contribution is -0.649. The van der Waals surface area contributed by atoms with Crippen molar-refractivity contribution >= 4 is 0 Å². The van der Waals surface area contributed by atoms with Gasteiger partial charge >= 0.3 is 5.82 Å². The number of nitrogens with zero attached hydrogens (tertiary/aromatic N) is 3. The smallest absolute Gasteiger partial charge is 0.226 e. The van der Waals surface area contributed by atoms with Crippen LogP contribution < -0.4 is 4.57 Å². The van der Waals surface area contributed by atoms with Crippen LogP contribution in [0.4, 0.5) is 0 Å². The summed E-state index contributed by atoms with van der Waals surface area (Å²) in [7, 11) is 2.12. The van der Waals surface area contributed by atoms with Crippen LogP contribution in [-0.2, 0) is 7.05 Å². The van der Waals surface area contributed by atoms with Crippen LogP contribution in [-0.4, -0.2) is 9.78 Å². The third kappa shape index (κ3) is 3.38. The fourth-order valence-electron chi connectivity index (χ4n) is 4.22. The summed E-state index contributed by atoms with van der Waals surface area (Å²) in [5.74, 6) is 2.06. The maximum absolute atomic E-state index is 5.15. The van der Waals surface area contributed by atoms with Crippen molar-refractivity contribution in [1.82, 2.24) is 9.78 Å². The van der Waals surface area contributed by atoms with Crippen molar-refractivity contribution in [3.8, 4) is 28.5 Å². The molecule has 4 rings (SSSR count). The van der Waals surface area contributed by atoms with Crippen LogP contribution in [0.25, 0.3) is 28.5 Å². The zero-order chi connectivity index (χ0) is 20.7. The predicted octanol–water partition coefficient (Wildman–Crippen LogP) is 5.57. The largest absolute Gasteiger partial charge is 0.309 e. The summed E-state index contributed by atoms with van der Waals surface area (Å²) in [6, 6.07) is 21.6. The molecule has 0 radical (unpaired) electrons. The minimum Gasteiger partial charge on any atom is -0.226 e. The summed E-state index contributed by atoms with van der Waals surface area (Å²) in [4.78, 5) is 0. The fourth-order valence-corrected chi connectivity index (χ4v) is 4.22. The Kier molecular flexibility index (Phi) is 4.83. The van der Waals surface area contributed by atoms with Crippen LogP contribution >= 0.6 is 0 Å². The van der Waals surface area contributed by atoms with Crippen molar-refractivity contribution in [2.75, 3.05) is 0 Å². The summed E-state index contributed by atoms with van der Waals surface area (Å²) in [6.07, 6.45) is 0. The highest BCUT2D eigenvalue weighted by molar-refractivity contribution is 5.64. The molecule has 0 fully saturated rings. The second kappa shape index (κ2) is 7.32. The number of hydrogen-bond acceptors (Lipinski definition) is 1. The lowest BCUT2D eigenvalue weighted by atomic mass is 10.1. The van der Waals surface area contributed by atoms with Crippen molar-refractivity contribution in [3.63, 3.8) is 0 Å². The zero-order valence-electron chi connectivity index (χ0n) is 18.1. The topological polar surface area (TPSA) is 21.7 Å². The van der Waals surface area contributed by atoms with Crippen LogP contribution in [0.5, 0.6) is 0 Å². The Morgan fingerprint density at radius 3 is 1.93 bits per heavy atom.